The summed E-state index contributed by atoms with van der Waals surface area (Å²) in [6, 6.07) is 5.67. The van der Waals surface area contributed by atoms with Crippen LogP contribution in [0.2, 0.25) is 0 Å². The predicted molar refractivity (Wildman–Crippen MR) is 69.8 cm³/mol. The molecule has 5 nitrogen and oxygen atoms in total. The summed E-state index contributed by atoms with van der Waals surface area (Å²) in [6.07, 6.45) is 3.67. The third kappa shape index (κ3) is 2.31. The van der Waals surface area contributed by atoms with Crippen molar-refractivity contribution in [1.29, 1.82) is 0 Å². The molecule has 0 atom stereocenters. The zero-order valence-corrected chi connectivity index (χ0v) is 10.6. The van der Waals surface area contributed by atoms with Gasteiger partial charge in [-0.3, -0.25) is 0 Å². The molecule has 96 valence electrons. The summed E-state index contributed by atoms with van der Waals surface area (Å²) in [6.45, 7) is 1.30. The van der Waals surface area contributed by atoms with Crippen molar-refractivity contribution >= 4 is 0 Å². The second-order valence-electron chi connectivity index (χ2n) is 3.80. The Hall–Kier alpha value is -2.01. The van der Waals surface area contributed by atoms with Gasteiger partial charge in [0.2, 0.25) is 0 Å². The van der Waals surface area contributed by atoms with Crippen LogP contribution >= 0.6 is 0 Å². The average Bonchev–Trinajstić information content (AvgIpc) is 2.86. The largest absolute Gasteiger partial charge is 0.497 e. The Morgan fingerprint density at radius 1 is 1.28 bits per heavy atom. The molecule has 0 amide bonds. The summed E-state index contributed by atoms with van der Waals surface area (Å²) in [5.74, 6) is 2.34. The van der Waals surface area contributed by atoms with E-state index < -0.39 is 0 Å². The molecule has 0 saturated heterocycles. The van der Waals surface area contributed by atoms with E-state index in [4.69, 9.17) is 15.2 Å². The quantitative estimate of drug-likeness (QED) is 0.870. The number of nitrogens with zero attached hydrogens (tertiary/aromatic N) is 2. The number of methoxy groups -OCH3 is 2. The summed E-state index contributed by atoms with van der Waals surface area (Å²) < 4.78 is 12.6. The maximum Gasteiger partial charge on any atom is 0.143 e. The lowest BCUT2D eigenvalue weighted by Gasteiger charge is -2.11. The molecule has 0 saturated carbocycles. The van der Waals surface area contributed by atoms with Crippen molar-refractivity contribution in [3.8, 4) is 22.9 Å². The van der Waals surface area contributed by atoms with E-state index >= 15 is 0 Å². The fourth-order valence-electron chi connectivity index (χ4n) is 1.86. The lowest BCUT2D eigenvalue weighted by molar-refractivity contribution is 0.395. The fraction of sp³-hybridized carbons (Fsp3) is 0.308. The van der Waals surface area contributed by atoms with Gasteiger partial charge in [0.25, 0.3) is 0 Å². The normalized spacial score (nSPS) is 10.4. The standard InChI is InChI=1S/C13H17N3O2/c1-17-10-3-4-11(12(9-10)18-2)13-15-6-8-16(13)7-5-14/h3-4,6,8-9H,5,7,14H2,1-2H3. The topological polar surface area (TPSA) is 62.3 Å². The second kappa shape index (κ2) is 5.55. The predicted octanol–water partition coefficient (Wildman–Crippen LogP) is 1.53. The van der Waals surface area contributed by atoms with Crippen LogP contribution in [0.1, 0.15) is 0 Å². The van der Waals surface area contributed by atoms with Crippen LogP contribution in [0, 0.1) is 0 Å². The van der Waals surface area contributed by atoms with E-state index in [1.54, 1.807) is 20.4 Å². The number of nitrogens with two attached hydrogens (primary N) is 1. The van der Waals surface area contributed by atoms with Crippen molar-refractivity contribution in [2.45, 2.75) is 6.54 Å². The fourth-order valence-corrected chi connectivity index (χ4v) is 1.86. The highest BCUT2D eigenvalue weighted by atomic mass is 16.5. The van der Waals surface area contributed by atoms with E-state index in [-0.39, 0.29) is 0 Å². The highest BCUT2D eigenvalue weighted by molar-refractivity contribution is 5.66. The van der Waals surface area contributed by atoms with Gasteiger partial charge in [-0.15, -0.1) is 0 Å². The summed E-state index contributed by atoms with van der Waals surface area (Å²) in [5, 5.41) is 0. The molecule has 0 fully saturated rings. The first-order chi connectivity index (χ1) is 8.80. The third-order valence-electron chi connectivity index (χ3n) is 2.74. The minimum Gasteiger partial charge on any atom is -0.497 e. The van der Waals surface area contributed by atoms with Crippen LogP contribution in [0.3, 0.4) is 0 Å². The summed E-state index contributed by atoms with van der Waals surface area (Å²) >= 11 is 0. The zero-order chi connectivity index (χ0) is 13.0. The maximum atomic E-state index is 5.58. The Kier molecular flexibility index (Phi) is 3.84. The van der Waals surface area contributed by atoms with Crippen LogP contribution in [0.5, 0.6) is 11.5 Å². The van der Waals surface area contributed by atoms with Crippen LogP contribution in [-0.2, 0) is 6.54 Å². The van der Waals surface area contributed by atoms with Gasteiger partial charge in [0.05, 0.1) is 19.8 Å². The SMILES string of the molecule is COc1ccc(-c2nccn2CCN)c(OC)c1. The van der Waals surface area contributed by atoms with Crippen LogP contribution in [0.25, 0.3) is 11.4 Å². The molecule has 0 spiro atoms. The number of hydrogen-bond donors (Lipinski definition) is 1. The smallest absolute Gasteiger partial charge is 0.143 e. The van der Waals surface area contributed by atoms with E-state index in [0.717, 1.165) is 29.4 Å². The molecule has 5 heteroatoms. The van der Waals surface area contributed by atoms with Crippen molar-refractivity contribution < 1.29 is 9.47 Å². The van der Waals surface area contributed by atoms with E-state index in [1.165, 1.54) is 0 Å². The van der Waals surface area contributed by atoms with Gasteiger partial charge < -0.3 is 19.8 Å². The van der Waals surface area contributed by atoms with Gasteiger partial charge in [-0.05, 0) is 12.1 Å². The van der Waals surface area contributed by atoms with Crippen molar-refractivity contribution in [3.05, 3.63) is 30.6 Å². The summed E-state index contributed by atoms with van der Waals surface area (Å²) in [4.78, 5) is 4.36. The number of benzene rings is 1. The molecular formula is C13H17N3O2. The van der Waals surface area contributed by atoms with E-state index in [0.29, 0.717) is 6.54 Å². The minimum absolute atomic E-state index is 0.571. The molecule has 0 unspecified atom stereocenters. The molecule has 0 aliphatic carbocycles. The average molecular weight is 247 g/mol. The number of aromatic nitrogens is 2. The first-order valence-electron chi connectivity index (χ1n) is 5.73. The van der Waals surface area contributed by atoms with Gasteiger partial charge in [-0.2, -0.15) is 0 Å². The second-order valence-corrected chi connectivity index (χ2v) is 3.80. The minimum atomic E-state index is 0.571. The van der Waals surface area contributed by atoms with Gasteiger partial charge in [0, 0.05) is 31.5 Å². The first-order valence-corrected chi connectivity index (χ1v) is 5.73. The van der Waals surface area contributed by atoms with E-state index in [1.807, 2.05) is 29.0 Å². The van der Waals surface area contributed by atoms with Crippen LogP contribution in [0.15, 0.2) is 30.6 Å². The number of ether oxygens (including phenoxy) is 2. The summed E-state index contributed by atoms with van der Waals surface area (Å²) in [5.41, 5.74) is 6.51. The van der Waals surface area contributed by atoms with E-state index in [9.17, 15) is 0 Å². The first kappa shape index (κ1) is 12.4. The number of hydrogen-bond acceptors (Lipinski definition) is 4. The Morgan fingerprint density at radius 3 is 2.78 bits per heavy atom. The van der Waals surface area contributed by atoms with Crippen molar-refractivity contribution in [2.75, 3.05) is 20.8 Å². The summed E-state index contributed by atoms with van der Waals surface area (Å²) in [7, 11) is 3.26. The highest BCUT2D eigenvalue weighted by Crippen LogP contribution is 2.32. The van der Waals surface area contributed by atoms with Crippen molar-refractivity contribution in [2.24, 2.45) is 5.73 Å². The van der Waals surface area contributed by atoms with Gasteiger partial charge >= 0.3 is 0 Å². The van der Waals surface area contributed by atoms with Crippen LogP contribution in [-0.4, -0.2) is 30.3 Å². The molecule has 1 aromatic heterocycles. The maximum absolute atomic E-state index is 5.58. The van der Waals surface area contributed by atoms with Gasteiger partial charge in [0.1, 0.15) is 17.3 Å². The molecule has 2 rings (SSSR count). The molecule has 1 heterocycles. The Bertz CT molecular complexity index is 523. The molecule has 0 aliphatic rings. The molecule has 2 N–H and O–H groups in total. The Morgan fingerprint density at radius 2 is 2.11 bits per heavy atom. The third-order valence-corrected chi connectivity index (χ3v) is 2.74. The molecule has 0 aliphatic heterocycles. The van der Waals surface area contributed by atoms with E-state index in [2.05, 4.69) is 4.98 Å². The molecule has 0 radical (unpaired) electrons. The molecule has 2 aromatic rings. The lowest BCUT2D eigenvalue weighted by atomic mass is 10.1. The zero-order valence-electron chi connectivity index (χ0n) is 10.6. The Labute approximate surface area is 106 Å². The molecule has 18 heavy (non-hydrogen) atoms. The van der Waals surface area contributed by atoms with Gasteiger partial charge in [0.15, 0.2) is 0 Å². The highest BCUT2D eigenvalue weighted by Gasteiger charge is 2.12. The van der Waals surface area contributed by atoms with Crippen molar-refractivity contribution in [3.63, 3.8) is 0 Å². The number of imidazole rings is 1. The Balaban J connectivity index is 2.46. The van der Waals surface area contributed by atoms with Gasteiger partial charge in [-0.1, -0.05) is 0 Å². The van der Waals surface area contributed by atoms with Crippen LogP contribution < -0.4 is 15.2 Å². The van der Waals surface area contributed by atoms with Crippen LogP contribution in [0.4, 0.5) is 0 Å². The van der Waals surface area contributed by atoms with Gasteiger partial charge in [-0.25, -0.2) is 4.98 Å². The molecule has 1 aromatic carbocycles. The lowest BCUT2D eigenvalue weighted by Crippen LogP contribution is -2.10. The van der Waals surface area contributed by atoms with Crippen molar-refractivity contribution in [1.82, 2.24) is 9.55 Å². The molecular weight excluding hydrogens is 230 g/mol. The number of rotatable bonds is 5. The monoisotopic (exact) mass is 247 g/mol. The molecule has 0 bridgehead atoms.